The molecule has 0 amide bonds. The highest BCUT2D eigenvalue weighted by Crippen LogP contribution is 2.47. The maximum absolute atomic E-state index is 11.2. The average molecular weight is 262 g/mol. The predicted molar refractivity (Wildman–Crippen MR) is 74.3 cm³/mol. The molecule has 1 fully saturated rings. The van der Waals surface area contributed by atoms with Crippen molar-refractivity contribution in [1.82, 2.24) is 5.32 Å². The van der Waals surface area contributed by atoms with Gasteiger partial charge in [0.15, 0.2) is 0 Å². The van der Waals surface area contributed by atoms with Crippen molar-refractivity contribution in [2.75, 3.05) is 26.2 Å². The Morgan fingerprint density at radius 2 is 2.16 bits per heavy atom. The van der Waals surface area contributed by atoms with E-state index in [-0.39, 0.29) is 0 Å². The van der Waals surface area contributed by atoms with Crippen molar-refractivity contribution < 1.29 is 9.84 Å². The minimum atomic E-state index is -0.778. The lowest BCUT2D eigenvalue weighted by atomic mass is 9.61. The first-order valence-electron chi connectivity index (χ1n) is 7.07. The lowest BCUT2D eigenvalue weighted by molar-refractivity contribution is -0.0685. The van der Waals surface area contributed by atoms with Crippen molar-refractivity contribution in [3.05, 3.63) is 29.8 Å². The van der Waals surface area contributed by atoms with E-state index >= 15 is 0 Å². The number of nitrogens with two attached hydrogens (primary N) is 1. The summed E-state index contributed by atoms with van der Waals surface area (Å²) in [7, 11) is 0. The van der Waals surface area contributed by atoms with Crippen molar-refractivity contribution in [3.63, 3.8) is 0 Å². The summed E-state index contributed by atoms with van der Waals surface area (Å²) in [5, 5.41) is 14.5. The second-order valence-electron chi connectivity index (χ2n) is 5.69. The van der Waals surface area contributed by atoms with E-state index in [1.165, 1.54) is 0 Å². The molecule has 1 aromatic carbocycles. The molecule has 0 bridgehead atoms. The van der Waals surface area contributed by atoms with Crippen LogP contribution in [0.3, 0.4) is 0 Å². The molecular weight excluding hydrogens is 240 g/mol. The topological polar surface area (TPSA) is 67.5 Å². The molecule has 0 aromatic heterocycles. The van der Waals surface area contributed by atoms with Gasteiger partial charge >= 0.3 is 0 Å². The van der Waals surface area contributed by atoms with Crippen LogP contribution in [0.25, 0.3) is 0 Å². The molecular formula is C15H22N2O2. The zero-order valence-corrected chi connectivity index (χ0v) is 11.2. The lowest BCUT2D eigenvalue weighted by Crippen LogP contribution is -2.64. The molecule has 4 heteroatoms. The maximum Gasteiger partial charge on any atom is 0.123 e. The third kappa shape index (κ3) is 1.86. The Morgan fingerprint density at radius 1 is 1.32 bits per heavy atom. The zero-order valence-electron chi connectivity index (χ0n) is 11.2. The number of aliphatic hydroxyl groups is 1. The maximum atomic E-state index is 11.2. The van der Waals surface area contributed by atoms with Gasteiger partial charge in [-0.15, -0.1) is 0 Å². The number of para-hydroxylation sites is 1. The summed E-state index contributed by atoms with van der Waals surface area (Å²) in [6, 6.07) is 7.98. The highest BCUT2D eigenvalue weighted by molar-refractivity contribution is 5.44. The summed E-state index contributed by atoms with van der Waals surface area (Å²) in [4.78, 5) is 0. The fourth-order valence-corrected chi connectivity index (χ4v) is 3.64. The average Bonchev–Trinajstić information content (AvgIpc) is 2.47. The van der Waals surface area contributed by atoms with Gasteiger partial charge in [0, 0.05) is 24.1 Å². The van der Waals surface area contributed by atoms with Crippen LogP contribution in [0.15, 0.2) is 24.3 Å². The van der Waals surface area contributed by atoms with Crippen LogP contribution in [0.1, 0.15) is 24.8 Å². The molecule has 2 aliphatic rings. The van der Waals surface area contributed by atoms with E-state index in [0.717, 1.165) is 37.1 Å². The SMILES string of the molecule is NCC1(C2(O)CCCNC2)CCOc2ccccc21. The van der Waals surface area contributed by atoms with Gasteiger partial charge in [-0.25, -0.2) is 0 Å². The van der Waals surface area contributed by atoms with E-state index in [0.29, 0.717) is 19.7 Å². The van der Waals surface area contributed by atoms with E-state index in [2.05, 4.69) is 5.32 Å². The van der Waals surface area contributed by atoms with Crippen molar-refractivity contribution in [3.8, 4) is 5.75 Å². The number of nitrogens with one attached hydrogen (secondary N) is 1. The number of hydrogen-bond acceptors (Lipinski definition) is 4. The summed E-state index contributed by atoms with van der Waals surface area (Å²) in [6.45, 7) is 2.65. The van der Waals surface area contributed by atoms with Crippen LogP contribution < -0.4 is 15.8 Å². The third-order valence-electron chi connectivity index (χ3n) is 4.79. The van der Waals surface area contributed by atoms with Crippen LogP contribution in [-0.4, -0.2) is 36.9 Å². The van der Waals surface area contributed by atoms with Gasteiger partial charge in [0.2, 0.25) is 0 Å². The highest BCUT2D eigenvalue weighted by Gasteiger charge is 2.53. The molecule has 1 aromatic rings. The standard InChI is InChI=1S/C15H22N2O2/c16-10-14(15(18)6-3-8-17-11-15)7-9-19-13-5-2-1-4-12(13)14/h1-2,4-5,17-18H,3,6-11,16H2. The first kappa shape index (κ1) is 12.9. The first-order valence-corrected chi connectivity index (χ1v) is 7.07. The van der Waals surface area contributed by atoms with Gasteiger partial charge < -0.3 is 20.9 Å². The molecule has 104 valence electrons. The molecule has 2 heterocycles. The zero-order chi connectivity index (χ0) is 13.3. The van der Waals surface area contributed by atoms with E-state index < -0.39 is 11.0 Å². The van der Waals surface area contributed by atoms with Crippen LogP contribution in [0.5, 0.6) is 5.75 Å². The van der Waals surface area contributed by atoms with Crippen molar-refractivity contribution in [1.29, 1.82) is 0 Å². The second-order valence-corrected chi connectivity index (χ2v) is 5.69. The number of hydrogen-bond donors (Lipinski definition) is 3. The molecule has 3 rings (SSSR count). The fourth-order valence-electron chi connectivity index (χ4n) is 3.64. The van der Waals surface area contributed by atoms with E-state index in [1.54, 1.807) is 0 Å². The van der Waals surface area contributed by atoms with Gasteiger partial charge in [-0.3, -0.25) is 0 Å². The molecule has 4 N–H and O–H groups in total. The molecule has 1 saturated heterocycles. The number of β-amino-alcohol motifs (C(OH)–C–C–N with tert-alkyl or cyclic N) is 1. The Morgan fingerprint density at radius 3 is 2.89 bits per heavy atom. The number of rotatable bonds is 2. The van der Waals surface area contributed by atoms with Gasteiger partial charge in [-0.2, -0.15) is 0 Å². The predicted octanol–water partition coefficient (Wildman–Crippen LogP) is 0.780. The van der Waals surface area contributed by atoms with Gasteiger partial charge in [0.05, 0.1) is 12.2 Å². The molecule has 19 heavy (non-hydrogen) atoms. The third-order valence-corrected chi connectivity index (χ3v) is 4.79. The smallest absolute Gasteiger partial charge is 0.123 e. The minimum Gasteiger partial charge on any atom is -0.493 e. The van der Waals surface area contributed by atoms with Gasteiger partial charge in [-0.05, 0) is 31.9 Å². The van der Waals surface area contributed by atoms with Crippen LogP contribution in [-0.2, 0) is 5.41 Å². The van der Waals surface area contributed by atoms with Gasteiger partial charge in [0.1, 0.15) is 5.75 Å². The highest BCUT2D eigenvalue weighted by atomic mass is 16.5. The summed E-state index contributed by atoms with van der Waals surface area (Å²) < 4.78 is 5.73. The second kappa shape index (κ2) is 4.78. The summed E-state index contributed by atoms with van der Waals surface area (Å²) in [5.74, 6) is 0.873. The van der Waals surface area contributed by atoms with Crippen molar-refractivity contribution >= 4 is 0 Å². The Hall–Kier alpha value is -1.10. The number of benzene rings is 1. The molecule has 0 radical (unpaired) electrons. The van der Waals surface area contributed by atoms with Crippen LogP contribution in [0.4, 0.5) is 0 Å². The van der Waals surface area contributed by atoms with Gasteiger partial charge in [0.25, 0.3) is 0 Å². The molecule has 0 aliphatic carbocycles. The summed E-state index contributed by atoms with van der Waals surface area (Å²) in [6.07, 6.45) is 2.56. The number of ether oxygens (including phenoxy) is 1. The Bertz CT molecular complexity index is 457. The van der Waals surface area contributed by atoms with E-state index in [9.17, 15) is 5.11 Å². The number of piperidine rings is 1. The van der Waals surface area contributed by atoms with Crippen LogP contribution in [0.2, 0.25) is 0 Å². The number of fused-ring (bicyclic) bond motifs is 1. The molecule has 0 saturated carbocycles. The largest absolute Gasteiger partial charge is 0.493 e. The van der Waals surface area contributed by atoms with Crippen molar-refractivity contribution in [2.45, 2.75) is 30.3 Å². The van der Waals surface area contributed by atoms with Crippen molar-refractivity contribution in [2.24, 2.45) is 5.73 Å². The minimum absolute atomic E-state index is 0.394. The summed E-state index contributed by atoms with van der Waals surface area (Å²) in [5.41, 5.74) is 6.02. The molecule has 4 nitrogen and oxygen atoms in total. The molecule has 2 atom stereocenters. The quantitative estimate of drug-likeness (QED) is 0.737. The molecule has 0 spiro atoms. The normalized spacial score (nSPS) is 34.4. The first-order chi connectivity index (χ1) is 9.22. The monoisotopic (exact) mass is 262 g/mol. The fraction of sp³-hybridized carbons (Fsp3) is 0.600. The lowest BCUT2D eigenvalue weighted by Gasteiger charge is -2.51. The molecule has 2 unspecified atom stereocenters. The summed E-state index contributed by atoms with van der Waals surface area (Å²) >= 11 is 0. The van der Waals surface area contributed by atoms with Gasteiger partial charge in [-0.1, -0.05) is 18.2 Å². The Balaban J connectivity index is 2.09. The Labute approximate surface area is 114 Å². The van der Waals surface area contributed by atoms with E-state index in [4.69, 9.17) is 10.5 Å². The van der Waals surface area contributed by atoms with E-state index in [1.807, 2.05) is 24.3 Å². The Kier molecular flexibility index (Phi) is 3.25. The molecule has 2 aliphatic heterocycles. The van der Waals surface area contributed by atoms with Crippen LogP contribution >= 0.6 is 0 Å². The van der Waals surface area contributed by atoms with Crippen LogP contribution in [0, 0.1) is 0 Å².